The Kier molecular flexibility index (Phi) is 3.17. The number of anilines is 1. The summed E-state index contributed by atoms with van der Waals surface area (Å²) in [6, 6.07) is 1.68. The van der Waals surface area contributed by atoms with Crippen LogP contribution >= 0.6 is 0 Å². The van der Waals surface area contributed by atoms with Crippen LogP contribution in [0.2, 0.25) is 0 Å². The summed E-state index contributed by atoms with van der Waals surface area (Å²) in [5, 5.41) is 2.62. The molecule has 0 radical (unpaired) electrons. The van der Waals surface area contributed by atoms with E-state index in [1.165, 1.54) is 0 Å². The standard InChI is InChI=1S/C12H17N3O2/c1-13-12(16)9-6-7-14-11(15(2)3)10(9)17-8-4-5-8/h6-8H,4-5H2,1-3H3,(H,13,16). The van der Waals surface area contributed by atoms with Gasteiger partial charge in [0.15, 0.2) is 11.6 Å². The number of nitrogens with zero attached hydrogens (tertiary/aromatic N) is 2. The second-order valence-corrected chi connectivity index (χ2v) is 4.30. The van der Waals surface area contributed by atoms with Gasteiger partial charge in [0.2, 0.25) is 0 Å². The lowest BCUT2D eigenvalue weighted by Gasteiger charge is -2.18. The van der Waals surface area contributed by atoms with Crippen molar-refractivity contribution in [1.82, 2.24) is 10.3 Å². The molecule has 1 saturated carbocycles. The molecule has 2 rings (SSSR count). The molecule has 17 heavy (non-hydrogen) atoms. The fraction of sp³-hybridized carbons (Fsp3) is 0.500. The second kappa shape index (κ2) is 4.61. The minimum atomic E-state index is -0.147. The van der Waals surface area contributed by atoms with Gasteiger partial charge in [-0.3, -0.25) is 4.79 Å². The maximum atomic E-state index is 11.8. The molecule has 1 aromatic rings. The Morgan fingerprint density at radius 1 is 1.53 bits per heavy atom. The highest BCUT2D eigenvalue weighted by molar-refractivity contribution is 5.98. The minimum absolute atomic E-state index is 0.147. The van der Waals surface area contributed by atoms with Gasteiger partial charge >= 0.3 is 0 Å². The summed E-state index contributed by atoms with van der Waals surface area (Å²) < 4.78 is 5.81. The van der Waals surface area contributed by atoms with E-state index >= 15 is 0 Å². The SMILES string of the molecule is CNC(=O)c1ccnc(N(C)C)c1OC1CC1. The Bertz CT molecular complexity index is 428. The molecule has 0 aliphatic heterocycles. The van der Waals surface area contributed by atoms with Gasteiger partial charge in [-0.2, -0.15) is 0 Å². The highest BCUT2D eigenvalue weighted by Gasteiger charge is 2.28. The molecule has 0 saturated heterocycles. The molecule has 1 aromatic heterocycles. The Balaban J connectivity index is 2.41. The van der Waals surface area contributed by atoms with Crippen molar-refractivity contribution in [2.24, 2.45) is 0 Å². The Morgan fingerprint density at radius 2 is 2.24 bits per heavy atom. The van der Waals surface area contributed by atoms with E-state index < -0.39 is 0 Å². The van der Waals surface area contributed by atoms with E-state index in [-0.39, 0.29) is 12.0 Å². The molecular weight excluding hydrogens is 218 g/mol. The summed E-state index contributed by atoms with van der Waals surface area (Å²) in [4.78, 5) is 17.9. The van der Waals surface area contributed by atoms with Crippen LogP contribution in [0.25, 0.3) is 0 Å². The zero-order valence-electron chi connectivity index (χ0n) is 10.4. The minimum Gasteiger partial charge on any atom is -0.486 e. The monoisotopic (exact) mass is 235 g/mol. The Hall–Kier alpha value is -1.78. The van der Waals surface area contributed by atoms with Gasteiger partial charge in [-0.05, 0) is 18.9 Å². The predicted octanol–water partition coefficient (Wildman–Crippen LogP) is 1.05. The first-order chi connectivity index (χ1) is 8.13. The number of rotatable bonds is 4. The van der Waals surface area contributed by atoms with Crippen LogP contribution in [0.5, 0.6) is 5.75 Å². The highest BCUT2D eigenvalue weighted by Crippen LogP contribution is 2.34. The number of ether oxygens (including phenoxy) is 1. The van der Waals surface area contributed by atoms with Crippen LogP contribution in [-0.4, -0.2) is 38.1 Å². The molecule has 1 amide bonds. The zero-order valence-corrected chi connectivity index (χ0v) is 10.4. The van der Waals surface area contributed by atoms with Gasteiger partial charge in [-0.25, -0.2) is 4.98 Å². The quantitative estimate of drug-likeness (QED) is 0.847. The molecule has 1 fully saturated rings. The van der Waals surface area contributed by atoms with Crippen LogP contribution in [0.4, 0.5) is 5.82 Å². The van der Waals surface area contributed by atoms with Crippen molar-refractivity contribution >= 4 is 11.7 Å². The summed E-state index contributed by atoms with van der Waals surface area (Å²) in [6.45, 7) is 0. The lowest BCUT2D eigenvalue weighted by molar-refractivity contribution is 0.0958. The molecule has 0 unspecified atom stereocenters. The van der Waals surface area contributed by atoms with Crippen LogP contribution in [-0.2, 0) is 0 Å². The van der Waals surface area contributed by atoms with Crippen LogP contribution in [0.1, 0.15) is 23.2 Å². The van der Waals surface area contributed by atoms with Crippen molar-refractivity contribution in [2.45, 2.75) is 18.9 Å². The maximum Gasteiger partial charge on any atom is 0.254 e. The number of hydrogen-bond acceptors (Lipinski definition) is 4. The summed E-state index contributed by atoms with van der Waals surface area (Å²) in [6.07, 6.45) is 3.96. The third kappa shape index (κ3) is 2.49. The summed E-state index contributed by atoms with van der Waals surface area (Å²) in [5.41, 5.74) is 0.540. The third-order valence-corrected chi connectivity index (χ3v) is 2.59. The van der Waals surface area contributed by atoms with E-state index in [9.17, 15) is 4.79 Å². The van der Waals surface area contributed by atoms with E-state index in [1.54, 1.807) is 19.3 Å². The average molecular weight is 235 g/mol. The molecule has 5 nitrogen and oxygen atoms in total. The summed E-state index contributed by atoms with van der Waals surface area (Å²) >= 11 is 0. The second-order valence-electron chi connectivity index (χ2n) is 4.30. The smallest absolute Gasteiger partial charge is 0.254 e. The zero-order chi connectivity index (χ0) is 12.4. The molecule has 0 bridgehead atoms. The van der Waals surface area contributed by atoms with E-state index in [2.05, 4.69) is 10.3 Å². The number of nitrogens with one attached hydrogen (secondary N) is 1. The maximum absolute atomic E-state index is 11.8. The fourth-order valence-corrected chi connectivity index (χ4v) is 1.54. The number of hydrogen-bond donors (Lipinski definition) is 1. The van der Waals surface area contributed by atoms with Crippen molar-refractivity contribution < 1.29 is 9.53 Å². The normalized spacial score (nSPS) is 14.3. The van der Waals surface area contributed by atoms with Crippen LogP contribution in [0.15, 0.2) is 12.3 Å². The van der Waals surface area contributed by atoms with Gasteiger partial charge in [0, 0.05) is 27.3 Å². The number of pyridine rings is 1. The first-order valence-electron chi connectivity index (χ1n) is 5.68. The Morgan fingerprint density at radius 3 is 2.76 bits per heavy atom. The number of carbonyl (C=O) groups excluding carboxylic acids is 1. The highest BCUT2D eigenvalue weighted by atomic mass is 16.5. The van der Waals surface area contributed by atoms with E-state index in [0.717, 1.165) is 12.8 Å². The van der Waals surface area contributed by atoms with Crippen molar-refractivity contribution in [3.05, 3.63) is 17.8 Å². The van der Waals surface area contributed by atoms with E-state index in [4.69, 9.17) is 4.74 Å². The van der Waals surface area contributed by atoms with E-state index in [0.29, 0.717) is 17.1 Å². The molecule has 5 heteroatoms. The van der Waals surface area contributed by atoms with Gasteiger partial charge in [0.25, 0.3) is 5.91 Å². The van der Waals surface area contributed by atoms with Gasteiger partial charge in [-0.15, -0.1) is 0 Å². The van der Waals surface area contributed by atoms with Crippen LogP contribution in [0, 0.1) is 0 Å². The molecule has 0 aromatic carbocycles. The number of carbonyl (C=O) groups is 1. The van der Waals surface area contributed by atoms with E-state index in [1.807, 2.05) is 19.0 Å². The van der Waals surface area contributed by atoms with Gasteiger partial charge < -0.3 is 15.0 Å². The fourth-order valence-electron chi connectivity index (χ4n) is 1.54. The summed E-state index contributed by atoms with van der Waals surface area (Å²) in [7, 11) is 5.38. The van der Waals surface area contributed by atoms with Crippen molar-refractivity contribution in [3.63, 3.8) is 0 Å². The molecule has 0 atom stereocenters. The largest absolute Gasteiger partial charge is 0.486 e. The van der Waals surface area contributed by atoms with Crippen molar-refractivity contribution in [1.29, 1.82) is 0 Å². The molecular formula is C12H17N3O2. The number of amides is 1. The van der Waals surface area contributed by atoms with Gasteiger partial charge in [0.1, 0.15) is 0 Å². The molecule has 0 spiro atoms. The first-order valence-corrected chi connectivity index (χ1v) is 5.68. The third-order valence-electron chi connectivity index (χ3n) is 2.59. The van der Waals surface area contributed by atoms with Crippen molar-refractivity contribution in [2.75, 3.05) is 26.0 Å². The van der Waals surface area contributed by atoms with Gasteiger partial charge in [-0.1, -0.05) is 0 Å². The summed E-state index contributed by atoms with van der Waals surface area (Å²) in [5.74, 6) is 1.13. The van der Waals surface area contributed by atoms with Crippen molar-refractivity contribution in [3.8, 4) is 5.75 Å². The average Bonchev–Trinajstić information content (AvgIpc) is 3.12. The Labute approximate surface area is 101 Å². The molecule has 1 aliphatic carbocycles. The molecule has 1 heterocycles. The first kappa shape index (κ1) is 11.7. The predicted molar refractivity (Wildman–Crippen MR) is 65.6 cm³/mol. The molecule has 1 N–H and O–H groups in total. The van der Waals surface area contributed by atoms with Crippen LogP contribution in [0.3, 0.4) is 0 Å². The molecule has 92 valence electrons. The lowest BCUT2D eigenvalue weighted by Crippen LogP contribution is -2.21. The topological polar surface area (TPSA) is 54.5 Å². The van der Waals surface area contributed by atoms with Gasteiger partial charge in [0.05, 0.1) is 11.7 Å². The number of aromatic nitrogens is 1. The van der Waals surface area contributed by atoms with Crippen LogP contribution < -0.4 is 15.0 Å². The molecule has 1 aliphatic rings. The lowest BCUT2D eigenvalue weighted by atomic mass is 10.2.